The molecule has 0 heterocycles. The molecule has 0 saturated heterocycles. The zero-order valence-corrected chi connectivity index (χ0v) is 15.2. The van der Waals surface area contributed by atoms with Crippen LogP contribution in [0.4, 0.5) is 11.4 Å². The van der Waals surface area contributed by atoms with Crippen molar-refractivity contribution in [2.24, 2.45) is 0 Å². The molecule has 0 spiro atoms. The van der Waals surface area contributed by atoms with Crippen molar-refractivity contribution in [1.82, 2.24) is 6.15 Å². The van der Waals surface area contributed by atoms with Crippen molar-refractivity contribution in [2.45, 2.75) is 6.42 Å². The molecule has 0 aliphatic rings. The highest BCUT2D eigenvalue weighted by molar-refractivity contribution is 8.11. The lowest BCUT2D eigenvalue weighted by Crippen LogP contribution is -2.01. The molecule has 0 atom stereocenters. The molecule has 0 unspecified atom stereocenters. The predicted octanol–water partition coefficient (Wildman–Crippen LogP) is 4.69. The van der Waals surface area contributed by atoms with Crippen LogP contribution >= 0.6 is 49.7 Å². The molecule has 3 nitrogen and oxygen atoms in total. The molecular weight excluding hydrogens is 350 g/mol. The first-order chi connectivity index (χ1) is 10.0. The van der Waals surface area contributed by atoms with E-state index in [9.17, 15) is 0 Å². The van der Waals surface area contributed by atoms with Crippen LogP contribution in [0, 0.1) is 0 Å². The van der Waals surface area contributed by atoms with Crippen molar-refractivity contribution in [3.05, 3.63) is 59.7 Å². The summed E-state index contributed by atoms with van der Waals surface area (Å²) >= 11 is 17.9. The second-order valence-corrected chi connectivity index (χ2v) is 6.75. The van der Waals surface area contributed by atoms with Crippen LogP contribution in [0.1, 0.15) is 11.1 Å². The van der Waals surface area contributed by atoms with Gasteiger partial charge in [-0.2, -0.15) is 0 Å². The summed E-state index contributed by atoms with van der Waals surface area (Å²) in [6, 6.07) is 16.3. The van der Waals surface area contributed by atoms with Crippen LogP contribution in [-0.2, 0) is 6.42 Å². The van der Waals surface area contributed by atoms with Crippen LogP contribution in [0.3, 0.4) is 0 Å². The summed E-state index contributed by atoms with van der Waals surface area (Å²) in [6.07, 6.45) is 0.872. The SMILES string of the molecule is N.S=C(S)Nc1ccc(Cc2ccc(NC(=S)S)cc2)cc1. The molecular formula is C15H17N3S4. The second-order valence-electron chi connectivity index (χ2n) is 4.43. The highest BCUT2D eigenvalue weighted by atomic mass is 32.1. The number of nitrogens with one attached hydrogen (secondary N) is 2. The van der Waals surface area contributed by atoms with Gasteiger partial charge >= 0.3 is 0 Å². The Hall–Kier alpha value is -1.12. The minimum atomic E-state index is 0. The second kappa shape index (κ2) is 9.12. The Morgan fingerprint density at radius 3 is 1.32 bits per heavy atom. The largest absolute Gasteiger partial charge is 0.344 e. The van der Waals surface area contributed by atoms with E-state index in [-0.39, 0.29) is 6.15 Å². The summed E-state index contributed by atoms with van der Waals surface area (Å²) in [7, 11) is 0. The van der Waals surface area contributed by atoms with Crippen molar-refractivity contribution >= 4 is 69.7 Å². The van der Waals surface area contributed by atoms with Crippen LogP contribution in [0.5, 0.6) is 0 Å². The van der Waals surface area contributed by atoms with E-state index in [1.807, 2.05) is 24.3 Å². The molecule has 0 aliphatic heterocycles. The van der Waals surface area contributed by atoms with Crippen LogP contribution in [0.25, 0.3) is 0 Å². The molecule has 0 saturated carbocycles. The van der Waals surface area contributed by atoms with E-state index in [4.69, 9.17) is 24.4 Å². The van der Waals surface area contributed by atoms with E-state index < -0.39 is 0 Å². The number of benzene rings is 2. The van der Waals surface area contributed by atoms with Gasteiger partial charge < -0.3 is 16.8 Å². The van der Waals surface area contributed by atoms with Crippen LogP contribution in [-0.4, -0.2) is 8.64 Å². The summed E-state index contributed by atoms with van der Waals surface area (Å²) in [5, 5.41) is 5.98. The topological polar surface area (TPSA) is 59.1 Å². The number of hydrogen-bond donors (Lipinski definition) is 5. The Bertz CT molecular complexity index is 581. The Morgan fingerprint density at radius 2 is 1.05 bits per heavy atom. The maximum absolute atomic E-state index is 4.89. The van der Waals surface area contributed by atoms with Crippen molar-refractivity contribution in [2.75, 3.05) is 10.6 Å². The lowest BCUT2D eigenvalue weighted by atomic mass is 10.0. The zero-order valence-electron chi connectivity index (χ0n) is 11.7. The fourth-order valence-electron chi connectivity index (χ4n) is 1.89. The summed E-state index contributed by atoms with van der Waals surface area (Å²) in [6.45, 7) is 0. The first-order valence-corrected chi connectivity index (χ1v) is 7.92. The molecule has 0 fully saturated rings. The fraction of sp³-hybridized carbons (Fsp3) is 0.0667. The van der Waals surface area contributed by atoms with Crippen molar-refractivity contribution in [3.8, 4) is 0 Å². The number of rotatable bonds is 4. The molecule has 0 radical (unpaired) electrons. The molecule has 0 aromatic heterocycles. The normalized spacial score (nSPS) is 9.55. The maximum atomic E-state index is 4.89. The van der Waals surface area contributed by atoms with Gasteiger partial charge in [-0.15, -0.1) is 25.3 Å². The van der Waals surface area contributed by atoms with Gasteiger partial charge in [-0.1, -0.05) is 48.7 Å². The van der Waals surface area contributed by atoms with Gasteiger partial charge in [0.15, 0.2) is 0 Å². The molecule has 0 aliphatic carbocycles. The van der Waals surface area contributed by atoms with Gasteiger partial charge in [-0.25, -0.2) is 0 Å². The molecule has 0 bridgehead atoms. The summed E-state index contributed by atoms with van der Waals surface area (Å²) in [4.78, 5) is 0. The summed E-state index contributed by atoms with van der Waals surface area (Å²) in [5.74, 6) is 0. The summed E-state index contributed by atoms with van der Waals surface area (Å²) in [5.41, 5.74) is 4.35. The smallest absolute Gasteiger partial charge is 0.135 e. The third-order valence-electron chi connectivity index (χ3n) is 2.82. The lowest BCUT2D eigenvalue weighted by Gasteiger charge is -2.07. The number of thiol groups is 2. The number of anilines is 2. The van der Waals surface area contributed by atoms with E-state index in [2.05, 4.69) is 60.2 Å². The van der Waals surface area contributed by atoms with Gasteiger partial charge in [0.2, 0.25) is 0 Å². The lowest BCUT2D eigenvalue weighted by molar-refractivity contribution is 1.19. The van der Waals surface area contributed by atoms with E-state index in [0.717, 1.165) is 17.8 Å². The maximum Gasteiger partial charge on any atom is 0.135 e. The average molecular weight is 368 g/mol. The van der Waals surface area contributed by atoms with Gasteiger partial charge in [-0.3, -0.25) is 0 Å². The highest BCUT2D eigenvalue weighted by Crippen LogP contribution is 2.16. The Labute approximate surface area is 152 Å². The van der Waals surface area contributed by atoms with Crippen LogP contribution < -0.4 is 16.8 Å². The highest BCUT2D eigenvalue weighted by Gasteiger charge is 1.99. The van der Waals surface area contributed by atoms with Crippen molar-refractivity contribution in [3.63, 3.8) is 0 Å². The standard InChI is InChI=1S/C15H14N2S4.H3N/c18-14(19)16-12-5-1-10(2-6-12)9-11-3-7-13(8-4-11)17-15(20)21;/h1-8H,9H2,(H2,16,18,19)(H2,17,20,21);1H3. The molecule has 116 valence electrons. The van der Waals surface area contributed by atoms with E-state index >= 15 is 0 Å². The zero-order chi connectivity index (χ0) is 15.2. The Morgan fingerprint density at radius 1 is 0.727 bits per heavy atom. The monoisotopic (exact) mass is 367 g/mol. The van der Waals surface area contributed by atoms with Gasteiger partial charge in [0.05, 0.1) is 0 Å². The first-order valence-electron chi connectivity index (χ1n) is 6.21. The molecule has 22 heavy (non-hydrogen) atoms. The molecule has 2 aromatic rings. The fourth-order valence-corrected chi connectivity index (χ4v) is 2.39. The van der Waals surface area contributed by atoms with E-state index in [1.54, 1.807) is 0 Å². The predicted molar refractivity (Wildman–Crippen MR) is 111 cm³/mol. The van der Waals surface area contributed by atoms with Gasteiger partial charge in [0.1, 0.15) is 8.64 Å². The van der Waals surface area contributed by atoms with Crippen LogP contribution in [0.15, 0.2) is 48.5 Å². The first kappa shape index (κ1) is 18.9. The number of hydrogen-bond acceptors (Lipinski definition) is 3. The third-order valence-corrected chi connectivity index (χ3v) is 3.25. The third kappa shape index (κ3) is 6.33. The Balaban J connectivity index is 0.00000242. The van der Waals surface area contributed by atoms with Gasteiger partial charge in [0.25, 0.3) is 0 Å². The minimum Gasteiger partial charge on any atom is -0.344 e. The molecule has 2 rings (SSSR count). The average Bonchev–Trinajstić information content (AvgIpc) is 2.42. The van der Waals surface area contributed by atoms with Gasteiger partial charge in [0, 0.05) is 11.4 Å². The molecule has 0 amide bonds. The van der Waals surface area contributed by atoms with Crippen molar-refractivity contribution in [1.29, 1.82) is 0 Å². The van der Waals surface area contributed by atoms with E-state index in [0.29, 0.717) is 8.64 Å². The molecule has 5 N–H and O–H groups in total. The Kier molecular flexibility index (Phi) is 7.84. The summed E-state index contributed by atoms with van der Waals surface area (Å²) < 4.78 is 0.931. The van der Waals surface area contributed by atoms with Crippen molar-refractivity contribution < 1.29 is 0 Å². The van der Waals surface area contributed by atoms with Gasteiger partial charge in [-0.05, 0) is 41.8 Å². The minimum absolute atomic E-state index is 0. The molecule has 7 heteroatoms. The van der Waals surface area contributed by atoms with E-state index in [1.165, 1.54) is 11.1 Å². The number of thiocarbonyl (C=S) groups is 2. The quantitative estimate of drug-likeness (QED) is 0.401. The molecule has 2 aromatic carbocycles. The van der Waals surface area contributed by atoms with Crippen LogP contribution in [0.2, 0.25) is 0 Å².